The van der Waals surface area contributed by atoms with Gasteiger partial charge < -0.3 is 21.3 Å². The van der Waals surface area contributed by atoms with E-state index in [-0.39, 0.29) is 37.9 Å². The van der Waals surface area contributed by atoms with Gasteiger partial charge in [0.15, 0.2) is 5.78 Å². The lowest BCUT2D eigenvalue weighted by molar-refractivity contribution is -0.321. The van der Waals surface area contributed by atoms with Crippen molar-refractivity contribution >= 4 is 29.3 Å². The lowest BCUT2D eigenvalue weighted by Gasteiger charge is -2.29. The number of alkyl halides is 6. The second-order valence-electron chi connectivity index (χ2n) is 9.49. The zero-order chi connectivity index (χ0) is 28.4. The van der Waals surface area contributed by atoms with Gasteiger partial charge >= 0.3 is 12.5 Å². The van der Waals surface area contributed by atoms with Gasteiger partial charge in [0.1, 0.15) is 18.3 Å². The number of Topliss-reactive ketones (excluding diaryl/α,β-unsaturated/α-hetero) is 1. The molecule has 38 heavy (non-hydrogen) atoms. The summed E-state index contributed by atoms with van der Waals surface area (Å²) < 4.78 is 78.9. The van der Waals surface area contributed by atoms with E-state index >= 15 is 0 Å². The van der Waals surface area contributed by atoms with E-state index < -0.39 is 78.1 Å². The lowest BCUT2D eigenvalue weighted by Crippen LogP contribution is -2.54. The minimum atomic E-state index is -5.28. The maximum atomic E-state index is 13.4. The van der Waals surface area contributed by atoms with E-state index in [1.54, 1.807) is 0 Å². The van der Waals surface area contributed by atoms with Crippen molar-refractivity contribution in [3.8, 4) is 0 Å². The van der Waals surface area contributed by atoms with Crippen molar-refractivity contribution in [1.82, 2.24) is 15.5 Å². The van der Waals surface area contributed by atoms with Crippen molar-refractivity contribution in [1.29, 1.82) is 0 Å². The topological polar surface area (TPSA) is 148 Å². The SMILES string of the molecule is NC(=CC(=O)C(F)(F)F)C(=O)N1C[C@@H]2CCC[C@@H]2[C@H]1C(=O)N[C@@H](C[C@@H]1CCNC1=O)C(=O)COC(F)(F)F. The molecule has 5 atom stereocenters. The van der Waals surface area contributed by atoms with E-state index in [1.807, 2.05) is 0 Å². The number of nitrogens with two attached hydrogens (primary N) is 1. The number of rotatable bonds is 9. The van der Waals surface area contributed by atoms with Crippen molar-refractivity contribution in [2.75, 3.05) is 19.7 Å². The van der Waals surface area contributed by atoms with Crippen molar-refractivity contribution in [2.24, 2.45) is 23.5 Å². The molecule has 0 spiro atoms. The van der Waals surface area contributed by atoms with Crippen LogP contribution in [0.3, 0.4) is 0 Å². The zero-order valence-electron chi connectivity index (χ0n) is 19.9. The fourth-order valence-electron chi connectivity index (χ4n) is 5.24. The van der Waals surface area contributed by atoms with Crippen LogP contribution in [0.4, 0.5) is 26.3 Å². The third-order valence-electron chi connectivity index (χ3n) is 7.00. The summed E-state index contributed by atoms with van der Waals surface area (Å²) in [6.07, 6.45) is -8.81. The monoisotopic (exact) mass is 556 g/mol. The van der Waals surface area contributed by atoms with Gasteiger partial charge in [0.25, 0.3) is 11.7 Å². The molecule has 2 heterocycles. The highest BCUT2D eigenvalue weighted by Crippen LogP contribution is 2.42. The molecule has 0 bridgehead atoms. The van der Waals surface area contributed by atoms with E-state index in [1.165, 1.54) is 0 Å². The number of hydrogen-bond acceptors (Lipinski definition) is 7. The molecular formula is C22H26F6N4O6. The molecule has 0 radical (unpaired) electrons. The van der Waals surface area contributed by atoms with Crippen LogP contribution in [0.1, 0.15) is 32.1 Å². The predicted molar refractivity (Wildman–Crippen MR) is 114 cm³/mol. The Bertz CT molecular complexity index is 1010. The van der Waals surface area contributed by atoms with Crippen molar-refractivity contribution in [3.05, 3.63) is 11.8 Å². The maximum Gasteiger partial charge on any atom is 0.522 e. The van der Waals surface area contributed by atoms with Crippen LogP contribution < -0.4 is 16.4 Å². The minimum Gasteiger partial charge on any atom is -0.394 e. The maximum absolute atomic E-state index is 13.4. The fraction of sp³-hybridized carbons (Fsp3) is 0.682. The molecule has 212 valence electrons. The van der Waals surface area contributed by atoms with Crippen LogP contribution in [0.15, 0.2) is 11.8 Å². The van der Waals surface area contributed by atoms with Crippen LogP contribution in [0.5, 0.6) is 0 Å². The van der Waals surface area contributed by atoms with Gasteiger partial charge in [-0.05, 0) is 37.5 Å². The van der Waals surface area contributed by atoms with Crippen LogP contribution in [-0.2, 0) is 28.7 Å². The average molecular weight is 556 g/mol. The standard InChI is InChI=1S/C22H26F6N4O6/c23-21(24,25)16(34)7-13(29)20(37)32-8-11-2-1-3-12(11)17(32)19(36)31-14(6-10-4-5-30-18(10)35)15(33)9-38-22(26,27)28/h7,10-12,14,17H,1-6,8-9,29H2,(H,30,35)(H,31,36)/t10-,11-,12-,14-,17-/m0/s1. The second kappa shape index (κ2) is 11.3. The number of nitrogens with zero attached hydrogens (tertiary/aromatic N) is 1. The molecule has 0 unspecified atom stereocenters. The molecule has 0 aromatic rings. The van der Waals surface area contributed by atoms with Crippen LogP contribution in [0.2, 0.25) is 0 Å². The number of fused-ring (bicyclic) bond motifs is 1. The van der Waals surface area contributed by atoms with E-state index in [0.717, 1.165) is 4.90 Å². The van der Waals surface area contributed by atoms with Gasteiger partial charge in [-0.1, -0.05) is 6.42 Å². The summed E-state index contributed by atoms with van der Waals surface area (Å²) in [6, 6.07) is -2.88. The van der Waals surface area contributed by atoms with Crippen LogP contribution in [0.25, 0.3) is 0 Å². The molecule has 16 heteroatoms. The van der Waals surface area contributed by atoms with Crippen LogP contribution in [-0.4, -0.2) is 78.5 Å². The molecule has 2 aliphatic heterocycles. The summed E-state index contributed by atoms with van der Waals surface area (Å²) in [6.45, 7) is -1.22. The number of allylic oxidation sites excluding steroid dienone is 1. The van der Waals surface area contributed by atoms with Gasteiger partial charge in [0.2, 0.25) is 11.8 Å². The first-order valence-corrected chi connectivity index (χ1v) is 11.8. The molecule has 3 aliphatic rings. The Hall–Kier alpha value is -3.17. The lowest BCUT2D eigenvalue weighted by atomic mass is 9.92. The van der Waals surface area contributed by atoms with Gasteiger partial charge in [0.05, 0.1) is 6.04 Å². The molecule has 3 fully saturated rings. The van der Waals surface area contributed by atoms with Gasteiger partial charge in [-0.2, -0.15) is 13.2 Å². The number of halogens is 6. The Morgan fingerprint density at radius 1 is 1.13 bits per heavy atom. The van der Waals surface area contributed by atoms with Gasteiger partial charge in [0, 0.05) is 25.1 Å². The smallest absolute Gasteiger partial charge is 0.394 e. The fourth-order valence-corrected chi connectivity index (χ4v) is 5.24. The Morgan fingerprint density at radius 2 is 1.82 bits per heavy atom. The van der Waals surface area contributed by atoms with E-state index in [2.05, 4.69) is 15.4 Å². The summed E-state index contributed by atoms with van der Waals surface area (Å²) in [5.41, 5.74) is 4.41. The molecule has 0 aromatic carbocycles. The molecule has 3 rings (SSSR count). The zero-order valence-corrected chi connectivity index (χ0v) is 19.9. The Kier molecular flexibility index (Phi) is 8.73. The summed E-state index contributed by atoms with van der Waals surface area (Å²) in [5.74, 6) is -7.57. The number of amides is 3. The minimum absolute atomic E-state index is 0.0584. The first-order valence-electron chi connectivity index (χ1n) is 11.8. The van der Waals surface area contributed by atoms with E-state index in [4.69, 9.17) is 5.73 Å². The molecular weight excluding hydrogens is 530 g/mol. The number of likely N-dealkylation sites (tertiary alicyclic amines) is 1. The molecule has 4 N–H and O–H groups in total. The summed E-state index contributed by atoms with van der Waals surface area (Å²) in [7, 11) is 0. The van der Waals surface area contributed by atoms with Crippen molar-refractivity contribution < 1.29 is 55.1 Å². The molecule has 3 amide bonds. The number of ketones is 2. The third-order valence-corrected chi connectivity index (χ3v) is 7.00. The largest absolute Gasteiger partial charge is 0.522 e. The number of nitrogens with one attached hydrogen (secondary N) is 2. The predicted octanol–water partition coefficient (Wildman–Crippen LogP) is 0.704. The summed E-state index contributed by atoms with van der Waals surface area (Å²) in [5, 5.41) is 4.84. The molecule has 1 aliphatic carbocycles. The van der Waals surface area contributed by atoms with Crippen LogP contribution in [0, 0.1) is 17.8 Å². The number of carbonyl (C=O) groups excluding carboxylic acids is 5. The van der Waals surface area contributed by atoms with Crippen molar-refractivity contribution in [3.63, 3.8) is 0 Å². The highest BCUT2D eigenvalue weighted by atomic mass is 19.4. The average Bonchev–Trinajstić information content (AvgIpc) is 3.51. The number of ether oxygens (including phenoxy) is 1. The Labute approximate surface area is 212 Å². The first kappa shape index (κ1) is 29.4. The summed E-state index contributed by atoms with van der Waals surface area (Å²) in [4.78, 5) is 63.0. The third kappa shape index (κ3) is 7.02. The number of carbonyl (C=O) groups is 5. The number of hydrogen-bond donors (Lipinski definition) is 3. The molecule has 1 saturated carbocycles. The Morgan fingerprint density at radius 3 is 2.39 bits per heavy atom. The normalized spacial score (nSPS) is 26.6. The van der Waals surface area contributed by atoms with Gasteiger partial charge in [-0.15, -0.1) is 13.2 Å². The first-order chi connectivity index (χ1) is 17.6. The van der Waals surface area contributed by atoms with E-state index in [9.17, 15) is 50.3 Å². The Balaban J connectivity index is 1.82. The molecule has 0 aromatic heterocycles. The van der Waals surface area contributed by atoms with Crippen molar-refractivity contribution in [2.45, 2.75) is 56.7 Å². The molecule has 2 saturated heterocycles. The highest BCUT2D eigenvalue weighted by Gasteiger charge is 2.50. The van der Waals surface area contributed by atoms with Crippen LogP contribution >= 0.6 is 0 Å². The van der Waals surface area contributed by atoms with Gasteiger partial charge in [-0.3, -0.25) is 28.7 Å². The highest BCUT2D eigenvalue weighted by molar-refractivity contribution is 6.04. The summed E-state index contributed by atoms with van der Waals surface area (Å²) >= 11 is 0. The quantitative estimate of drug-likeness (QED) is 0.280. The molecule has 10 nitrogen and oxygen atoms in total. The second-order valence-corrected chi connectivity index (χ2v) is 9.49. The van der Waals surface area contributed by atoms with Gasteiger partial charge in [-0.25, -0.2) is 0 Å². The van der Waals surface area contributed by atoms with E-state index in [0.29, 0.717) is 19.3 Å².